The van der Waals surface area contributed by atoms with Gasteiger partial charge < -0.3 is 15.3 Å². The van der Waals surface area contributed by atoms with Crippen molar-refractivity contribution in [2.45, 2.75) is 25.5 Å². The summed E-state index contributed by atoms with van der Waals surface area (Å²) in [6.07, 6.45) is 0.609. The number of carbonyl (C=O) groups is 1. The van der Waals surface area contributed by atoms with E-state index < -0.39 is 6.10 Å². The highest BCUT2D eigenvalue weighted by Crippen LogP contribution is 2.39. The van der Waals surface area contributed by atoms with Gasteiger partial charge in [-0.05, 0) is 12.3 Å². The second kappa shape index (κ2) is 3.51. The van der Waals surface area contributed by atoms with Gasteiger partial charge in [0.05, 0.1) is 12.1 Å². The quantitative estimate of drug-likeness (QED) is 0.625. The lowest BCUT2D eigenvalue weighted by atomic mass is 10.1. The molecule has 1 heterocycles. The average molecular weight is 198 g/mol. The van der Waals surface area contributed by atoms with Gasteiger partial charge >= 0.3 is 0 Å². The predicted octanol–water partition coefficient (Wildman–Crippen LogP) is -0.566. The Kier molecular flexibility index (Phi) is 2.49. The molecule has 1 saturated heterocycles. The highest BCUT2D eigenvalue weighted by molar-refractivity contribution is 5.81. The SMILES string of the molecule is CC1CC1C(=O)N(C)[C@@H]1CNC[C@H]1O. The Hall–Kier alpha value is -0.610. The summed E-state index contributed by atoms with van der Waals surface area (Å²) < 4.78 is 0. The first kappa shape index (κ1) is 9.93. The predicted molar refractivity (Wildman–Crippen MR) is 52.7 cm³/mol. The summed E-state index contributed by atoms with van der Waals surface area (Å²) >= 11 is 0. The minimum atomic E-state index is -0.405. The van der Waals surface area contributed by atoms with E-state index in [1.54, 1.807) is 11.9 Å². The fourth-order valence-electron chi connectivity index (χ4n) is 2.14. The van der Waals surface area contributed by atoms with Crippen LogP contribution in [-0.4, -0.2) is 48.2 Å². The normalized spacial score (nSPS) is 41.1. The lowest BCUT2D eigenvalue weighted by Crippen LogP contribution is -2.45. The van der Waals surface area contributed by atoms with Crippen LogP contribution in [0.3, 0.4) is 0 Å². The van der Waals surface area contributed by atoms with Crippen molar-refractivity contribution in [2.75, 3.05) is 20.1 Å². The van der Waals surface area contributed by atoms with E-state index >= 15 is 0 Å². The van der Waals surface area contributed by atoms with E-state index in [0.717, 1.165) is 6.42 Å². The molecule has 80 valence electrons. The number of hydrogen-bond acceptors (Lipinski definition) is 3. The fourth-order valence-corrected chi connectivity index (χ4v) is 2.14. The molecular formula is C10H18N2O2. The maximum absolute atomic E-state index is 11.8. The van der Waals surface area contributed by atoms with Crippen molar-refractivity contribution in [3.63, 3.8) is 0 Å². The zero-order chi connectivity index (χ0) is 10.3. The fraction of sp³-hybridized carbons (Fsp3) is 0.900. The molecule has 2 N–H and O–H groups in total. The third-order valence-corrected chi connectivity index (χ3v) is 3.42. The highest BCUT2D eigenvalue weighted by Gasteiger charge is 2.43. The van der Waals surface area contributed by atoms with E-state index in [2.05, 4.69) is 12.2 Å². The van der Waals surface area contributed by atoms with Gasteiger partial charge in [-0.15, -0.1) is 0 Å². The van der Waals surface area contributed by atoms with E-state index in [1.165, 1.54) is 0 Å². The number of carbonyl (C=O) groups excluding carboxylic acids is 1. The minimum absolute atomic E-state index is 0.0321. The number of rotatable bonds is 2. The minimum Gasteiger partial charge on any atom is -0.390 e. The Morgan fingerprint density at radius 1 is 1.50 bits per heavy atom. The Morgan fingerprint density at radius 3 is 2.57 bits per heavy atom. The van der Waals surface area contributed by atoms with E-state index in [1.807, 2.05) is 0 Å². The molecule has 0 aromatic heterocycles. The van der Waals surface area contributed by atoms with Gasteiger partial charge in [0.1, 0.15) is 0 Å². The second-order valence-corrected chi connectivity index (χ2v) is 4.56. The standard InChI is InChI=1S/C10H18N2O2/c1-6-3-7(6)10(14)12(2)8-4-11-5-9(8)13/h6-9,11,13H,3-5H2,1-2H3/t6?,7?,8-,9-/m1/s1. The first-order valence-electron chi connectivity index (χ1n) is 5.26. The number of aliphatic hydroxyl groups is 1. The smallest absolute Gasteiger partial charge is 0.226 e. The number of nitrogens with zero attached hydrogens (tertiary/aromatic N) is 1. The van der Waals surface area contributed by atoms with Crippen LogP contribution in [0.25, 0.3) is 0 Å². The Balaban J connectivity index is 1.93. The van der Waals surface area contributed by atoms with E-state index in [9.17, 15) is 9.90 Å². The molecule has 14 heavy (non-hydrogen) atoms. The van der Waals surface area contributed by atoms with Gasteiger partial charge in [-0.2, -0.15) is 0 Å². The number of amides is 1. The van der Waals surface area contributed by atoms with Crippen molar-refractivity contribution < 1.29 is 9.90 Å². The van der Waals surface area contributed by atoms with E-state index in [4.69, 9.17) is 0 Å². The summed E-state index contributed by atoms with van der Waals surface area (Å²) in [5.74, 6) is 0.953. The van der Waals surface area contributed by atoms with Crippen LogP contribution in [0.2, 0.25) is 0 Å². The molecule has 0 aromatic rings. The molecule has 4 nitrogen and oxygen atoms in total. The second-order valence-electron chi connectivity index (χ2n) is 4.56. The molecule has 4 heteroatoms. The third kappa shape index (κ3) is 1.64. The van der Waals surface area contributed by atoms with Gasteiger partial charge in [0.15, 0.2) is 0 Å². The van der Waals surface area contributed by atoms with Gasteiger partial charge in [-0.25, -0.2) is 0 Å². The van der Waals surface area contributed by atoms with Crippen LogP contribution in [-0.2, 0) is 4.79 Å². The van der Waals surface area contributed by atoms with Crippen LogP contribution in [0, 0.1) is 11.8 Å². The molecule has 2 unspecified atom stereocenters. The van der Waals surface area contributed by atoms with Crippen molar-refractivity contribution in [3.05, 3.63) is 0 Å². The lowest BCUT2D eigenvalue weighted by molar-refractivity contribution is -0.134. The van der Waals surface area contributed by atoms with Crippen molar-refractivity contribution in [1.29, 1.82) is 0 Å². The molecule has 1 aliphatic heterocycles. The number of likely N-dealkylation sites (N-methyl/N-ethyl adjacent to an activating group) is 1. The molecule has 0 spiro atoms. The van der Waals surface area contributed by atoms with Crippen molar-refractivity contribution in [3.8, 4) is 0 Å². The van der Waals surface area contributed by atoms with Crippen LogP contribution in [0.15, 0.2) is 0 Å². The summed E-state index contributed by atoms with van der Waals surface area (Å²) in [7, 11) is 1.80. The molecule has 0 radical (unpaired) electrons. The Labute approximate surface area is 84.3 Å². The molecule has 1 amide bonds. The van der Waals surface area contributed by atoms with Crippen LogP contribution in [0.1, 0.15) is 13.3 Å². The molecule has 1 aliphatic carbocycles. The first-order valence-corrected chi connectivity index (χ1v) is 5.26. The third-order valence-electron chi connectivity index (χ3n) is 3.42. The highest BCUT2D eigenvalue weighted by atomic mass is 16.3. The molecule has 2 rings (SSSR count). The summed E-state index contributed by atoms with van der Waals surface area (Å²) in [5.41, 5.74) is 0. The average Bonchev–Trinajstić information content (AvgIpc) is 2.72. The molecule has 1 saturated carbocycles. The summed E-state index contributed by atoms with van der Waals surface area (Å²) in [4.78, 5) is 13.6. The number of hydrogen-bond donors (Lipinski definition) is 2. The van der Waals surface area contributed by atoms with Crippen LogP contribution in [0.5, 0.6) is 0 Å². The van der Waals surface area contributed by atoms with Gasteiger partial charge in [0.25, 0.3) is 0 Å². The van der Waals surface area contributed by atoms with E-state index in [0.29, 0.717) is 19.0 Å². The van der Waals surface area contributed by atoms with Crippen molar-refractivity contribution in [1.82, 2.24) is 10.2 Å². The summed E-state index contributed by atoms with van der Waals surface area (Å²) in [6, 6.07) is -0.0321. The van der Waals surface area contributed by atoms with Gasteiger partial charge in [-0.1, -0.05) is 6.92 Å². The molecule has 2 aliphatic rings. The number of aliphatic hydroxyl groups excluding tert-OH is 1. The maximum atomic E-state index is 11.8. The van der Waals surface area contributed by atoms with Crippen molar-refractivity contribution >= 4 is 5.91 Å². The molecular weight excluding hydrogens is 180 g/mol. The largest absolute Gasteiger partial charge is 0.390 e. The summed E-state index contributed by atoms with van der Waals surface area (Å²) in [5, 5.41) is 12.7. The topological polar surface area (TPSA) is 52.6 Å². The van der Waals surface area contributed by atoms with Crippen LogP contribution < -0.4 is 5.32 Å². The van der Waals surface area contributed by atoms with Gasteiger partial charge in [0.2, 0.25) is 5.91 Å². The van der Waals surface area contributed by atoms with Gasteiger partial charge in [-0.3, -0.25) is 4.79 Å². The zero-order valence-electron chi connectivity index (χ0n) is 8.73. The molecule has 4 atom stereocenters. The monoisotopic (exact) mass is 198 g/mol. The molecule has 0 bridgehead atoms. The number of β-amino-alcohol motifs (C(OH)–C–C–N with tert-alkyl or cyclic N) is 1. The molecule has 0 aromatic carbocycles. The Bertz CT molecular complexity index is 244. The molecule has 2 fully saturated rings. The maximum Gasteiger partial charge on any atom is 0.226 e. The van der Waals surface area contributed by atoms with Crippen LogP contribution in [0.4, 0.5) is 0 Å². The van der Waals surface area contributed by atoms with Gasteiger partial charge in [0, 0.05) is 26.1 Å². The van der Waals surface area contributed by atoms with Crippen molar-refractivity contribution in [2.24, 2.45) is 11.8 Å². The van der Waals surface area contributed by atoms with Crippen LogP contribution >= 0.6 is 0 Å². The zero-order valence-corrected chi connectivity index (χ0v) is 8.73. The lowest BCUT2D eigenvalue weighted by Gasteiger charge is -2.26. The first-order chi connectivity index (χ1) is 6.61. The summed E-state index contributed by atoms with van der Waals surface area (Å²) in [6.45, 7) is 3.41. The Morgan fingerprint density at radius 2 is 2.14 bits per heavy atom. The number of nitrogens with one attached hydrogen (secondary N) is 1. The van der Waals surface area contributed by atoms with E-state index in [-0.39, 0.29) is 17.9 Å².